The van der Waals surface area contributed by atoms with Gasteiger partial charge in [-0.3, -0.25) is 4.98 Å². The maximum Gasteiger partial charge on any atom is 0.415 e. The summed E-state index contributed by atoms with van der Waals surface area (Å²) in [4.78, 5) is 17.4. The van der Waals surface area contributed by atoms with E-state index >= 15 is 0 Å². The van der Waals surface area contributed by atoms with Crippen LogP contribution in [-0.4, -0.2) is 21.6 Å². The summed E-state index contributed by atoms with van der Waals surface area (Å²) >= 11 is 11.1. The number of carbonyl (C=O) groups is 1. The summed E-state index contributed by atoms with van der Waals surface area (Å²) in [6, 6.07) is -0.0354. The summed E-state index contributed by atoms with van der Waals surface area (Å²) in [5.74, 6) is 0. The fraction of sp³-hybridized carbons (Fsp3) is 0.500. The number of halogens is 2. The molecule has 7 heteroatoms. The van der Waals surface area contributed by atoms with Gasteiger partial charge in [0.2, 0.25) is 0 Å². The molecule has 0 aliphatic rings. The lowest BCUT2D eigenvalue weighted by atomic mass is 10.1. The van der Waals surface area contributed by atoms with E-state index in [9.17, 15) is 4.79 Å². The van der Waals surface area contributed by atoms with E-state index in [-0.39, 0.29) is 21.9 Å². The zero-order valence-corrected chi connectivity index (χ0v) is 10.0. The van der Waals surface area contributed by atoms with Gasteiger partial charge in [0.25, 0.3) is 0 Å². The molecule has 84 valence electrons. The molecule has 0 saturated heterocycles. The Morgan fingerprint density at radius 3 is 2.47 bits per heavy atom. The molecule has 0 aliphatic heterocycles. The van der Waals surface area contributed by atoms with Crippen LogP contribution in [0.3, 0.4) is 0 Å². The second kappa shape index (κ2) is 4.28. The minimum Gasteiger partial charge on any atom is -0.375 e. The van der Waals surface area contributed by atoms with E-state index in [2.05, 4.69) is 15.3 Å². The van der Waals surface area contributed by atoms with Gasteiger partial charge in [-0.1, -0.05) is 23.2 Å². The Hall–Kier alpha value is -0.940. The molecule has 5 nitrogen and oxygen atoms in total. The maximum absolute atomic E-state index is 11.3. The largest absolute Gasteiger partial charge is 0.415 e. The number of aromatic amines is 1. The third kappa shape index (κ3) is 3.97. The van der Waals surface area contributed by atoms with Crippen molar-refractivity contribution in [3.05, 3.63) is 10.3 Å². The molecule has 15 heavy (non-hydrogen) atoms. The summed E-state index contributed by atoms with van der Waals surface area (Å²) in [6.45, 7) is 5.49. The molecule has 0 aromatic carbocycles. The number of hydrogen-bond donors (Lipinski definition) is 2. The fourth-order valence-electron chi connectivity index (χ4n) is 0.779. The standard InChI is InChI=1S/C8H11Cl2N3O2/c1-8(2,3)13-7(14)15-6-11-4(9)5(10)12-6/h1-3H3,(H,11,12)(H,13,14). The van der Waals surface area contributed by atoms with Crippen molar-refractivity contribution in [2.45, 2.75) is 26.3 Å². The van der Waals surface area contributed by atoms with Gasteiger partial charge in [-0.15, -0.1) is 0 Å². The molecule has 0 radical (unpaired) electrons. The van der Waals surface area contributed by atoms with Gasteiger partial charge >= 0.3 is 12.1 Å². The zero-order chi connectivity index (χ0) is 11.6. The molecular formula is C8H11Cl2N3O2. The van der Waals surface area contributed by atoms with Crippen molar-refractivity contribution < 1.29 is 9.53 Å². The van der Waals surface area contributed by atoms with Crippen LogP contribution in [0.5, 0.6) is 6.01 Å². The number of rotatable bonds is 1. The van der Waals surface area contributed by atoms with E-state index in [0.717, 1.165) is 0 Å². The van der Waals surface area contributed by atoms with Crippen LogP contribution in [0.1, 0.15) is 20.8 Å². The first-order chi connectivity index (χ1) is 6.78. The first kappa shape index (κ1) is 12.1. The second-order valence-electron chi connectivity index (χ2n) is 3.91. The summed E-state index contributed by atoms with van der Waals surface area (Å²) in [6.07, 6.45) is -0.621. The highest BCUT2D eigenvalue weighted by atomic mass is 35.5. The van der Waals surface area contributed by atoms with E-state index in [1.807, 2.05) is 20.8 Å². The zero-order valence-electron chi connectivity index (χ0n) is 8.52. The molecule has 1 heterocycles. The molecule has 1 aromatic heterocycles. The third-order valence-electron chi connectivity index (χ3n) is 1.26. The summed E-state index contributed by atoms with van der Waals surface area (Å²) in [7, 11) is 0. The molecule has 0 spiro atoms. The molecule has 0 aliphatic carbocycles. The van der Waals surface area contributed by atoms with Crippen LogP contribution in [0, 0.1) is 0 Å². The number of amides is 1. The van der Waals surface area contributed by atoms with Gasteiger partial charge in [-0.2, -0.15) is 4.98 Å². The van der Waals surface area contributed by atoms with Crippen molar-refractivity contribution in [3.8, 4) is 6.01 Å². The average molecular weight is 252 g/mol. The summed E-state index contributed by atoms with van der Waals surface area (Å²) in [5, 5.41) is 2.79. The highest BCUT2D eigenvalue weighted by molar-refractivity contribution is 6.40. The Balaban J connectivity index is 2.59. The van der Waals surface area contributed by atoms with Crippen LogP contribution in [0.2, 0.25) is 10.3 Å². The molecular weight excluding hydrogens is 241 g/mol. The number of carbonyl (C=O) groups excluding carboxylic acids is 1. The number of imidazole rings is 1. The number of nitrogens with zero attached hydrogens (tertiary/aromatic N) is 1. The second-order valence-corrected chi connectivity index (χ2v) is 4.65. The lowest BCUT2D eigenvalue weighted by Crippen LogP contribution is -2.42. The van der Waals surface area contributed by atoms with Crippen LogP contribution in [0.4, 0.5) is 4.79 Å². The monoisotopic (exact) mass is 251 g/mol. The molecule has 2 N–H and O–H groups in total. The van der Waals surface area contributed by atoms with Crippen molar-refractivity contribution in [2.24, 2.45) is 0 Å². The Bertz CT molecular complexity index is 351. The topological polar surface area (TPSA) is 67.0 Å². The van der Waals surface area contributed by atoms with Crippen LogP contribution >= 0.6 is 23.2 Å². The lowest BCUT2D eigenvalue weighted by molar-refractivity contribution is 0.187. The van der Waals surface area contributed by atoms with Crippen LogP contribution in [0.15, 0.2) is 0 Å². The Kier molecular flexibility index (Phi) is 3.46. The Morgan fingerprint density at radius 2 is 2.07 bits per heavy atom. The van der Waals surface area contributed by atoms with E-state index in [4.69, 9.17) is 27.9 Å². The van der Waals surface area contributed by atoms with Gasteiger partial charge in [0.1, 0.15) is 5.15 Å². The van der Waals surface area contributed by atoms with Crippen molar-refractivity contribution in [1.29, 1.82) is 0 Å². The number of H-pyrrole nitrogens is 1. The van der Waals surface area contributed by atoms with Crippen molar-refractivity contribution in [1.82, 2.24) is 15.3 Å². The van der Waals surface area contributed by atoms with Crippen LogP contribution in [0.25, 0.3) is 0 Å². The van der Waals surface area contributed by atoms with E-state index in [0.29, 0.717) is 0 Å². The van der Waals surface area contributed by atoms with Crippen LogP contribution < -0.4 is 10.1 Å². The van der Waals surface area contributed by atoms with Gasteiger partial charge in [-0.05, 0) is 20.8 Å². The maximum atomic E-state index is 11.3. The molecule has 1 aromatic rings. The molecule has 1 rings (SSSR count). The van der Waals surface area contributed by atoms with Gasteiger partial charge in [0.05, 0.1) is 0 Å². The molecule has 0 atom stereocenters. The number of hydrogen-bond acceptors (Lipinski definition) is 3. The average Bonchev–Trinajstić information content (AvgIpc) is 2.26. The SMILES string of the molecule is CC(C)(C)NC(=O)Oc1nc(Cl)c(Cl)[nH]1. The Labute approximate surface area is 97.1 Å². The van der Waals surface area contributed by atoms with Gasteiger partial charge in [-0.25, -0.2) is 4.79 Å². The third-order valence-corrected chi connectivity index (χ3v) is 1.91. The smallest absolute Gasteiger partial charge is 0.375 e. The highest BCUT2D eigenvalue weighted by Crippen LogP contribution is 2.21. The fourth-order valence-corrected chi connectivity index (χ4v) is 1.03. The quantitative estimate of drug-likeness (QED) is 0.807. The van der Waals surface area contributed by atoms with E-state index in [1.54, 1.807) is 0 Å². The molecule has 0 fully saturated rings. The van der Waals surface area contributed by atoms with Crippen molar-refractivity contribution >= 4 is 29.3 Å². The van der Waals surface area contributed by atoms with Gasteiger partial charge in [0.15, 0.2) is 5.15 Å². The van der Waals surface area contributed by atoms with Crippen molar-refractivity contribution in [2.75, 3.05) is 0 Å². The van der Waals surface area contributed by atoms with E-state index < -0.39 is 6.09 Å². The minimum atomic E-state index is -0.621. The minimum absolute atomic E-state index is 0.0354. The van der Waals surface area contributed by atoms with Crippen molar-refractivity contribution in [3.63, 3.8) is 0 Å². The van der Waals surface area contributed by atoms with Gasteiger partial charge in [0, 0.05) is 5.54 Å². The first-order valence-corrected chi connectivity index (χ1v) is 4.94. The molecule has 0 saturated carbocycles. The summed E-state index contributed by atoms with van der Waals surface area (Å²) in [5.41, 5.74) is -0.378. The molecule has 0 unspecified atom stereocenters. The number of nitrogens with one attached hydrogen (secondary N) is 2. The van der Waals surface area contributed by atoms with Crippen LogP contribution in [-0.2, 0) is 0 Å². The highest BCUT2D eigenvalue weighted by Gasteiger charge is 2.17. The summed E-state index contributed by atoms with van der Waals surface area (Å²) < 4.78 is 4.81. The number of ether oxygens (including phenoxy) is 1. The first-order valence-electron chi connectivity index (χ1n) is 4.19. The van der Waals surface area contributed by atoms with Gasteiger partial charge < -0.3 is 10.1 Å². The Morgan fingerprint density at radius 1 is 1.47 bits per heavy atom. The normalized spacial score (nSPS) is 11.3. The molecule has 1 amide bonds. The number of aromatic nitrogens is 2. The predicted octanol–water partition coefficient (Wildman–Crippen LogP) is 2.60. The predicted molar refractivity (Wildman–Crippen MR) is 57.5 cm³/mol. The lowest BCUT2D eigenvalue weighted by Gasteiger charge is -2.18. The molecule has 0 bridgehead atoms. The van der Waals surface area contributed by atoms with E-state index in [1.165, 1.54) is 0 Å².